The first-order chi connectivity index (χ1) is 10.8. The van der Waals surface area contributed by atoms with Gasteiger partial charge in [0, 0.05) is 26.6 Å². The van der Waals surface area contributed by atoms with Crippen LogP contribution in [0.25, 0.3) is 0 Å². The molecule has 0 spiro atoms. The van der Waals surface area contributed by atoms with Crippen LogP contribution in [-0.2, 0) is 14.8 Å². The number of carbonyl (C=O) groups excluding carboxylic acids is 1. The second kappa shape index (κ2) is 8.76. The number of methoxy groups -OCH3 is 1. The molecule has 7 heteroatoms. The molecule has 0 fully saturated rings. The fourth-order valence-corrected chi connectivity index (χ4v) is 3.07. The van der Waals surface area contributed by atoms with E-state index in [4.69, 9.17) is 4.74 Å². The molecule has 130 valence electrons. The summed E-state index contributed by atoms with van der Waals surface area (Å²) in [6.07, 6.45) is 3.25. The first kappa shape index (κ1) is 19.3. The van der Waals surface area contributed by atoms with Crippen LogP contribution in [0.2, 0.25) is 0 Å². The van der Waals surface area contributed by atoms with Gasteiger partial charge in [0.25, 0.3) is 0 Å². The number of anilines is 1. The largest absolute Gasteiger partial charge is 0.497 e. The van der Waals surface area contributed by atoms with Crippen LogP contribution in [0.4, 0.5) is 5.69 Å². The third-order valence-corrected chi connectivity index (χ3v) is 4.76. The number of benzene rings is 1. The monoisotopic (exact) mass is 342 g/mol. The summed E-state index contributed by atoms with van der Waals surface area (Å²) in [6, 6.07) is 6.74. The summed E-state index contributed by atoms with van der Waals surface area (Å²) < 4.78 is 30.3. The van der Waals surface area contributed by atoms with Crippen molar-refractivity contribution in [1.29, 1.82) is 0 Å². The Morgan fingerprint density at radius 3 is 2.26 bits per heavy atom. The van der Waals surface area contributed by atoms with E-state index in [9.17, 15) is 13.2 Å². The van der Waals surface area contributed by atoms with Gasteiger partial charge in [0.15, 0.2) is 0 Å². The second-order valence-corrected chi connectivity index (χ2v) is 7.36. The van der Waals surface area contributed by atoms with E-state index in [1.54, 1.807) is 43.3 Å². The van der Waals surface area contributed by atoms with E-state index in [2.05, 4.69) is 6.92 Å². The molecule has 6 nitrogen and oxygen atoms in total. The molecule has 1 aromatic rings. The Morgan fingerprint density at radius 2 is 1.78 bits per heavy atom. The number of unbranched alkanes of at least 4 members (excludes halogenated alkanes) is 1. The summed E-state index contributed by atoms with van der Waals surface area (Å²) in [4.78, 5) is 13.7. The van der Waals surface area contributed by atoms with Crippen molar-refractivity contribution < 1.29 is 17.9 Å². The van der Waals surface area contributed by atoms with E-state index in [-0.39, 0.29) is 18.9 Å². The molecule has 0 atom stereocenters. The highest BCUT2D eigenvalue weighted by Crippen LogP contribution is 2.21. The van der Waals surface area contributed by atoms with Crippen LogP contribution >= 0.6 is 0 Å². The fourth-order valence-electron chi connectivity index (χ4n) is 2.14. The number of amides is 1. The van der Waals surface area contributed by atoms with Crippen molar-refractivity contribution in [3.05, 3.63) is 24.3 Å². The SMILES string of the molecule is CCCCN(C)C(=O)CCN(c1ccc(OC)cc1)S(C)(=O)=O. The second-order valence-electron chi connectivity index (χ2n) is 5.45. The highest BCUT2D eigenvalue weighted by Gasteiger charge is 2.19. The normalized spacial score (nSPS) is 11.1. The average Bonchev–Trinajstić information content (AvgIpc) is 2.51. The molecule has 0 aromatic heterocycles. The topological polar surface area (TPSA) is 66.9 Å². The molecule has 0 saturated heterocycles. The molecular formula is C16H26N2O4S. The number of rotatable bonds is 9. The maximum absolute atomic E-state index is 12.1. The zero-order chi connectivity index (χ0) is 17.5. The number of hydrogen-bond acceptors (Lipinski definition) is 4. The quantitative estimate of drug-likeness (QED) is 0.689. The van der Waals surface area contributed by atoms with Gasteiger partial charge in [-0.1, -0.05) is 13.3 Å². The summed E-state index contributed by atoms with van der Waals surface area (Å²) >= 11 is 0. The summed E-state index contributed by atoms with van der Waals surface area (Å²) in [6.45, 7) is 2.88. The molecule has 0 aliphatic heterocycles. The zero-order valence-electron chi connectivity index (χ0n) is 14.3. The molecule has 0 heterocycles. The predicted molar refractivity (Wildman–Crippen MR) is 92.3 cm³/mol. The Balaban J connectivity index is 2.78. The molecule has 0 aliphatic rings. The highest BCUT2D eigenvalue weighted by molar-refractivity contribution is 7.92. The van der Waals surface area contributed by atoms with Crippen LogP contribution in [0, 0.1) is 0 Å². The van der Waals surface area contributed by atoms with E-state index in [0.717, 1.165) is 19.1 Å². The van der Waals surface area contributed by atoms with E-state index in [0.29, 0.717) is 18.0 Å². The van der Waals surface area contributed by atoms with Gasteiger partial charge in [-0.15, -0.1) is 0 Å². The van der Waals surface area contributed by atoms with Crippen molar-refractivity contribution in [2.24, 2.45) is 0 Å². The lowest BCUT2D eigenvalue weighted by molar-refractivity contribution is -0.129. The van der Waals surface area contributed by atoms with Crippen molar-refractivity contribution in [2.75, 3.05) is 37.8 Å². The Bertz CT molecular complexity index is 599. The third-order valence-electron chi connectivity index (χ3n) is 3.56. The number of nitrogens with zero attached hydrogens (tertiary/aromatic N) is 2. The van der Waals surface area contributed by atoms with Crippen molar-refractivity contribution in [1.82, 2.24) is 4.90 Å². The van der Waals surface area contributed by atoms with E-state index < -0.39 is 10.0 Å². The van der Waals surface area contributed by atoms with E-state index >= 15 is 0 Å². The molecule has 0 saturated carbocycles. The van der Waals surface area contributed by atoms with Crippen LogP contribution < -0.4 is 9.04 Å². The van der Waals surface area contributed by atoms with Gasteiger partial charge < -0.3 is 9.64 Å². The zero-order valence-corrected chi connectivity index (χ0v) is 15.1. The first-order valence-corrected chi connectivity index (χ1v) is 9.50. The Hall–Kier alpha value is -1.76. The molecular weight excluding hydrogens is 316 g/mol. The average molecular weight is 342 g/mol. The minimum Gasteiger partial charge on any atom is -0.497 e. The van der Waals surface area contributed by atoms with Crippen molar-refractivity contribution in [3.8, 4) is 5.75 Å². The molecule has 23 heavy (non-hydrogen) atoms. The van der Waals surface area contributed by atoms with Crippen LogP contribution in [0.3, 0.4) is 0 Å². The van der Waals surface area contributed by atoms with Crippen LogP contribution in [-0.4, -0.2) is 52.7 Å². The number of hydrogen-bond donors (Lipinski definition) is 0. The van der Waals surface area contributed by atoms with Gasteiger partial charge in [0.1, 0.15) is 5.75 Å². The van der Waals surface area contributed by atoms with Crippen LogP contribution in [0.5, 0.6) is 5.75 Å². The first-order valence-electron chi connectivity index (χ1n) is 7.65. The molecule has 0 aliphatic carbocycles. The minimum atomic E-state index is -3.45. The summed E-state index contributed by atoms with van der Waals surface area (Å²) in [7, 11) is -0.158. The molecule has 0 unspecified atom stereocenters. The van der Waals surface area contributed by atoms with Gasteiger partial charge in [-0.25, -0.2) is 8.42 Å². The van der Waals surface area contributed by atoms with Crippen molar-refractivity contribution >= 4 is 21.6 Å². The van der Waals surface area contributed by atoms with Gasteiger partial charge in [-0.05, 0) is 30.7 Å². The summed E-state index contributed by atoms with van der Waals surface area (Å²) in [5.41, 5.74) is 0.525. The lowest BCUT2D eigenvalue weighted by Gasteiger charge is -2.24. The fraction of sp³-hybridized carbons (Fsp3) is 0.562. The molecule has 0 radical (unpaired) electrons. The van der Waals surface area contributed by atoms with Gasteiger partial charge >= 0.3 is 0 Å². The molecule has 0 bridgehead atoms. The van der Waals surface area contributed by atoms with Gasteiger partial charge in [-0.3, -0.25) is 9.10 Å². The van der Waals surface area contributed by atoms with Crippen LogP contribution in [0.15, 0.2) is 24.3 Å². The molecule has 1 amide bonds. The smallest absolute Gasteiger partial charge is 0.232 e. The summed E-state index contributed by atoms with van der Waals surface area (Å²) in [5, 5.41) is 0. The van der Waals surface area contributed by atoms with Crippen molar-refractivity contribution in [3.63, 3.8) is 0 Å². The Morgan fingerprint density at radius 1 is 1.17 bits per heavy atom. The van der Waals surface area contributed by atoms with Crippen LogP contribution in [0.1, 0.15) is 26.2 Å². The van der Waals surface area contributed by atoms with E-state index in [1.807, 2.05) is 0 Å². The lowest BCUT2D eigenvalue weighted by atomic mass is 10.2. The van der Waals surface area contributed by atoms with Gasteiger partial charge in [-0.2, -0.15) is 0 Å². The third kappa shape index (κ3) is 6.09. The van der Waals surface area contributed by atoms with Gasteiger partial charge in [0.05, 0.1) is 19.1 Å². The van der Waals surface area contributed by atoms with E-state index in [1.165, 1.54) is 4.31 Å². The Kier molecular flexibility index (Phi) is 7.35. The maximum Gasteiger partial charge on any atom is 0.232 e. The number of carbonyl (C=O) groups is 1. The highest BCUT2D eigenvalue weighted by atomic mass is 32.2. The maximum atomic E-state index is 12.1. The Labute approximate surface area is 139 Å². The summed E-state index contributed by atoms with van der Waals surface area (Å²) in [5.74, 6) is 0.596. The number of ether oxygens (including phenoxy) is 1. The van der Waals surface area contributed by atoms with Gasteiger partial charge in [0.2, 0.25) is 15.9 Å². The standard InChI is InChI=1S/C16H26N2O4S/c1-5-6-12-17(2)16(19)11-13-18(23(4,20)21)14-7-9-15(22-3)10-8-14/h7-10H,5-6,11-13H2,1-4H3. The minimum absolute atomic E-state index is 0.0550. The molecule has 0 N–H and O–H groups in total. The molecule has 1 rings (SSSR count). The predicted octanol–water partition coefficient (Wildman–Crippen LogP) is 2.11. The molecule has 1 aromatic carbocycles. The lowest BCUT2D eigenvalue weighted by Crippen LogP contribution is -2.35. The van der Waals surface area contributed by atoms with Crippen molar-refractivity contribution in [2.45, 2.75) is 26.2 Å². The number of sulfonamides is 1.